The molecule has 1 aromatic carbocycles. The van der Waals surface area contributed by atoms with Crippen LogP contribution in [0.15, 0.2) is 0 Å². The van der Waals surface area contributed by atoms with Crippen molar-refractivity contribution in [2.75, 3.05) is 0 Å². The Hall–Kier alpha value is -1.30. The molecule has 0 aliphatic carbocycles. The van der Waals surface area contributed by atoms with Crippen molar-refractivity contribution in [3.63, 3.8) is 0 Å². The fourth-order valence-electron chi connectivity index (χ4n) is 1.14. The van der Waals surface area contributed by atoms with Gasteiger partial charge >= 0.3 is 5.69 Å². The Bertz CT molecular complexity index is 437. The molecule has 0 saturated carbocycles. The molecule has 0 amide bonds. The number of hydrogen-bond acceptors (Lipinski definition) is 2. The number of hydrogen-bond donors (Lipinski definition) is 0. The third kappa shape index (κ3) is 1.77. The molecule has 0 bridgehead atoms. The number of nitro benzene ring substituents is 1. The highest BCUT2D eigenvalue weighted by Crippen LogP contribution is 2.31. The highest BCUT2D eigenvalue weighted by molar-refractivity contribution is 6.17. The molecule has 82 valence electrons. The SMILES string of the molecule is Cc1c(F)c(F)c([N+](=O)[O-])c(CCl)c1F. The first kappa shape index (κ1) is 11.8. The molecule has 0 saturated heterocycles. The fraction of sp³-hybridized carbons (Fsp3) is 0.250. The van der Waals surface area contributed by atoms with Crippen molar-refractivity contribution in [2.45, 2.75) is 12.8 Å². The van der Waals surface area contributed by atoms with Crippen molar-refractivity contribution in [2.24, 2.45) is 0 Å². The molecule has 0 aliphatic rings. The van der Waals surface area contributed by atoms with Crippen molar-refractivity contribution < 1.29 is 18.1 Å². The highest BCUT2D eigenvalue weighted by Gasteiger charge is 2.29. The van der Waals surface area contributed by atoms with Gasteiger partial charge in [0.05, 0.1) is 16.4 Å². The molecule has 0 heterocycles. The van der Waals surface area contributed by atoms with Crippen LogP contribution in [0.4, 0.5) is 18.9 Å². The highest BCUT2D eigenvalue weighted by atomic mass is 35.5. The lowest BCUT2D eigenvalue weighted by molar-refractivity contribution is -0.388. The number of rotatable bonds is 2. The Balaban J connectivity index is 3.70. The van der Waals surface area contributed by atoms with Crippen LogP contribution in [0, 0.1) is 34.5 Å². The Morgan fingerprint density at radius 1 is 1.27 bits per heavy atom. The second-order valence-corrected chi connectivity index (χ2v) is 3.05. The van der Waals surface area contributed by atoms with Crippen LogP contribution in [0.3, 0.4) is 0 Å². The van der Waals surface area contributed by atoms with Crippen LogP contribution >= 0.6 is 11.6 Å². The number of nitrogens with zero attached hydrogens (tertiary/aromatic N) is 1. The molecule has 0 radical (unpaired) electrons. The fourth-order valence-corrected chi connectivity index (χ4v) is 1.38. The van der Waals surface area contributed by atoms with E-state index in [1.54, 1.807) is 0 Å². The molecule has 7 heteroatoms. The maximum Gasteiger partial charge on any atom is 0.315 e. The molecule has 0 atom stereocenters. The zero-order valence-corrected chi connectivity index (χ0v) is 8.24. The zero-order valence-electron chi connectivity index (χ0n) is 7.48. The number of benzene rings is 1. The minimum absolute atomic E-state index is 0.597. The molecule has 0 fully saturated rings. The van der Waals surface area contributed by atoms with Gasteiger partial charge in [-0.25, -0.2) is 8.78 Å². The summed E-state index contributed by atoms with van der Waals surface area (Å²) in [7, 11) is 0. The van der Waals surface area contributed by atoms with Crippen molar-refractivity contribution in [3.8, 4) is 0 Å². The second-order valence-electron chi connectivity index (χ2n) is 2.78. The quantitative estimate of drug-likeness (QED) is 0.345. The minimum Gasteiger partial charge on any atom is -0.258 e. The Morgan fingerprint density at radius 2 is 1.80 bits per heavy atom. The lowest BCUT2D eigenvalue weighted by Gasteiger charge is -2.06. The van der Waals surface area contributed by atoms with Gasteiger partial charge in [-0.15, -0.1) is 11.6 Å². The summed E-state index contributed by atoms with van der Waals surface area (Å²) < 4.78 is 39.3. The summed E-state index contributed by atoms with van der Waals surface area (Å²) >= 11 is 5.24. The summed E-state index contributed by atoms with van der Waals surface area (Å²) in [6, 6.07) is 0. The molecule has 1 aromatic rings. The molecule has 0 unspecified atom stereocenters. The van der Waals surface area contributed by atoms with Gasteiger partial charge in [0.25, 0.3) is 0 Å². The summed E-state index contributed by atoms with van der Waals surface area (Å²) in [5.41, 5.74) is -2.50. The number of alkyl halides is 1. The molecule has 0 aromatic heterocycles. The first-order valence-electron chi connectivity index (χ1n) is 3.78. The predicted octanol–water partition coefficient (Wildman–Crippen LogP) is 3.06. The molecular weight excluding hydrogens is 235 g/mol. The van der Waals surface area contributed by atoms with Gasteiger partial charge in [0, 0.05) is 5.56 Å². The number of nitro groups is 1. The summed E-state index contributed by atoms with van der Waals surface area (Å²) in [5, 5.41) is 10.4. The molecule has 0 N–H and O–H groups in total. The van der Waals surface area contributed by atoms with Gasteiger partial charge in [-0.3, -0.25) is 10.1 Å². The normalized spacial score (nSPS) is 10.5. The third-order valence-corrected chi connectivity index (χ3v) is 2.19. The maximum absolute atomic E-state index is 13.3. The third-order valence-electron chi connectivity index (χ3n) is 1.93. The van der Waals surface area contributed by atoms with Crippen LogP contribution < -0.4 is 0 Å². The average Bonchev–Trinajstić information content (AvgIpc) is 2.19. The van der Waals surface area contributed by atoms with Crippen molar-refractivity contribution in [1.29, 1.82) is 0 Å². The standard InChI is InChI=1S/C8H5ClF3NO2/c1-3-5(10)4(2-9)8(13(14)15)7(12)6(3)11/h2H2,1H3. The molecule has 0 aliphatic heterocycles. The van der Waals surface area contributed by atoms with Crippen LogP contribution in [-0.2, 0) is 5.88 Å². The van der Waals surface area contributed by atoms with E-state index in [9.17, 15) is 23.3 Å². The van der Waals surface area contributed by atoms with Gasteiger partial charge < -0.3 is 0 Å². The van der Waals surface area contributed by atoms with Gasteiger partial charge in [0.1, 0.15) is 5.82 Å². The summed E-state index contributed by atoms with van der Waals surface area (Å²) in [4.78, 5) is 9.20. The molecular formula is C8H5ClF3NO2. The van der Waals surface area contributed by atoms with E-state index in [0.29, 0.717) is 0 Å². The summed E-state index contributed by atoms with van der Waals surface area (Å²) in [5.74, 6) is -5.03. The first-order valence-corrected chi connectivity index (χ1v) is 4.31. The van der Waals surface area contributed by atoms with Crippen LogP contribution in [0.5, 0.6) is 0 Å². The Morgan fingerprint density at radius 3 is 2.20 bits per heavy atom. The Labute approximate surface area is 87.6 Å². The minimum atomic E-state index is -1.69. The van der Waals surface area contributed by atoms with E-state index >= 15 is 0 Å². The first-order chi connectivity index (χ1) is 6.91. The van der Waals surface area contributed by atoms with Gasteiger partial charge in [-0.2, -0.15) is 4.39 Å². The van der Waals surface area contributed by atoms with Crippen LogP contribution in [0.2, 0.25) is 0 Å². The molecule has 3 nitrogen and oxygen atoms in total. The molecule has 1 rings (SSSR count). The van der Waals surface area contributed by atoms with E-state index in [2.05, 4.69) is 0 Å². The van der Waals surface area contributed by atoms with Crippen LogP contribution in [-0.4, -0.2) is 4.92 Å². The largest absolute Gasteiger partial charge is 0.315 e. The monoisotopic (exact) mass is 239 g/mol. The van der Waals surface area contributed by atoms with E-state index in [0.717, 1.165) is 6.92 Å². The van der Waals surface area contributed by atoms with Crippen molar-refractivity contribution in [1.82, 2.24) is 0 Å². The van der Waals surface area contributed by atoms with E-state index < -0.39 is 45.1 Å². The number of halogens is 4. The van der Waals surface area contributed by atoms with E-state index in [1.165, 1.54) is 0 Å². The molecule has 15 heavy (non-hydrogen) atoms. The summed E-state index contributed by atoms with van der Waals surface area (Å²) in [6.07, 6.45) is 0. The van der Waals surface area contributed by atoms with E-state index in [-0.39, 0.29) is 0 Å². The van der Waals surface area contributed by atoms with Crippen molar-refractivity contribution in [3.05, 3.63) is 38.7 Å². The van der Waals surface area contributed by atoms with Gasteiger partial charge in [-0.1, -0.05) is 0 Å². The smallest absolute Gasteiger partial charge is 0.258 e. The topological polar surface area (TPSA) is 43.1 Å². The van der Waals surface area contributed by atoms with E-state index in [1.807, 2.05) is 0 Å². The predicted molar refractivity (Wildman–Crippen MR) is 47.3 cm³/mol. The lowest BCUT2D eigenvalue weighted by atomic mass is 10.1. The van der Waals surface area contributed by atoms with Crippen LogP contribution in [0.25, 0.3) is 0 Å². The lowest BCUT2D eigenvalue weighted by Crippen LogP contribution is -2.06. The summed E-state index contributed by atoms with van der Waals surface area (Å²) in [6.45, 7) is 0.980. The second kappa shape index (κ2) is 4.06. The van der Waals surface area contributed by atoms with Crippen LogP contribution in [0.1, 0.15) is 11.1 Å². The average molecular weight is 240 g/mol. The molecule has 0 spiro atoms. The zero-order chi connectivity index (χ0) is 11.7. The van der Waals surface area contributed by atoms with Gasteiger partial charge in [0.2, 0.25) is 5.82 Å². The Kier molecular flexibility index (Phi) is 3.18. The van der Waals surface area contributed by atoms with Gasteiger partial charge in [-0.05, 0) is 6.92 Å². The van der Waals surface area contributed by atoms with Gasteiger partial charge in [0.15, 0.2) is 5.82 Å². The van der Waals surface area contributed by atoms with Crippen molar-refractivity contribution >= 4 is 17.3 Å². The maximum atomic E-state index is 13.3. The van der Waals surface area contributed by atoms with E-state index in [4.69, 9.17) is 11.6 Å².